The Hall–Kier alpha value is -3.18. The molecule has 3 N–H and O–H groups in total. The number of hydrogen-bond acceptors (Lipinski definition) is 7. The molecule has 2 heterocycles. The summed E-state index contributed by atoms with van der Waals surface area (Å²) in [7, 11) is -4.32. The second-order valence-electron chi connectivity index (χ2n) is 6.01. The van der Waals surface area contributed by atoms with Gasteiger partial charge in [0.1, 0.15) is 35.4 Å². The van der Waals surface area contributed by atoms with E-state index in [1.165, 1.54) is 6.33 Å². The number of aromatic nitrogens is 3. The van der Waals surface area contributed by atoms with E-state index in [0.29, 0.717) is 17.5 Å². The van der Waals surface area contributed by atoms with Gasteiger partial charge in [0.2, 0.25) is 10.0 Å². The Balaban J connectivity index is 1.57. The van der Waals surface area contributed by atoms with Gasteiger partial charge < -0.3 is 10.6 Å². The molecule has 0 aliphatic rings. The molecule has 0 radical (unpaired) electrons. The van der Waals surface area contributed by atoms with Gasteiger partial charge in [-0.25, -0.2) is 36.9 Å². The molecule has 0 saturated carbocycles. The second-order valence-corrected chi connectivity index (χ2v) is 7.71. The van der Waals surface area contributed by atoms with Crippen molar-refractivity contribution in [1.82, 2.24) is 19.7 Å². The first-order chi connectivity index (χ1) is 13.8. The summed E-state index contributed by atoms with van der Waals surface area (Å²) in [5, 5.41) is 5.95. The molecule has 0 spiro atoms. The van der Waals surface area contributed by atoms with Crippen molar-refractivity contribution in [3.8, 4) is 0 Å². The summed E-state index contributed by atoms with van der Waals surface area (Å²) < 4.78 is 53.7. The summed E-state index contributed by atoms with van der Waals surface area (Å²) in [6, 6.07) is 8.20. The molecule has 0 fully saturated rings. The Kier molecular flexibility index (Phi) is 6.29. The molecule has 3 rings (SSSR count). The Labute approximate surface area is 166 Å². The fourth-order valence-corrected chi connectivity index (χ4v) is 3.61. The van der Waals surface area contributed by atoms with E-state index < -0.39 is 26.6 Å². The number of benzene rings is 1. The average Bonchev–Trinajstić information content (AvgIpc) is 2.65. The molecule has 152 valence electrons. The van der Waals surface area contributed by atoms with E-state index in [-0.39, 0.29) is 13.1 Å². The first-order valence-electron chi connectivity index (χ1n) is 8.54. The van der Waals surface area contributed by atoms with Crippen molar-refractivity contribution < 1.29 is 17.2 Å². The van der Waals surface area contributed by atoms with Gasteiger partial charge in [-0.2, -0.15) is 0 Å². The molecule has 2 aromatic heterocycles. The van der Waals surface area contributed by atoms with E-state index in [1.54, 1.807) is 12.3 Å². The number of anilines is 3. The van der Waals surface area contributed by atoms with Gasteiger partial charge in [-0.3, -0.25) is 0 Å². The van der Waals surface area contributed by atoms with E-state index >= 15 is 0 Å². The van der Waals surface area contributed by atoms with Crippen molar-refractivity contribution in [2.75, 3.05) is 23.7 Å². The third kappa shape index (κ3) is 5.42. The van der Waals surface area contributed by atoms with Crippen molar-refractivity contribution >= 4 is 27.5 Å². The maximum atomic E-state index is 13.7. The molecule has 11 heteroatoms. The maximum absolute atomic E-state index is 13.7. The summed E-state index contributed by atoms with van der Waals surface area (Å²) >= 11 is 0. The Morgan fingerprint density at radius 2 is 1.62 bits per heavy atom. The lowest BCUT2D eigenvalue weighted by Gasteiger charge is -2.10. The van der Waals surface area contributed by atoms with Gasteiger partial charge in [-0.15, -0.1) is 0 Å². The minimum atomic E-state index is -4.32. The molecule has 8 nitrogen and oxygen atoms in total. The van der Waals surface area contributed by atoms with Crippen LogP contribution in [-0.4, -0.2) is 36.5 Å². The number of aryl methyl sites for hydroxylation is 1. The number of sulfonamides is 1. The lowest BCUT2D eigenvalue weighted by Crippen LogP contribution is -2.30. The summed E-state index contributed by atoms with van der Waals surface area (Å²) in [4.78, 5) is 11.3. The Morgan fingerprint density at radius 3 is 2.34 bits per heavy atom. The topological polar surface area (TPSA) is 109 Å². The van der Waals surface area contributed by atoms with E-state index in [9.17, 15) is 17.2 Å². The van der Waals surface area contributed by atoms with Gasteiger partial charge >= 0.3 is 0 Å². The van der Waals surface area contributed by atoms with E-state index in [0.717, 1.165) is 23.8 Å². The van der Waals surface area contributed by atoms with Crippen molar-refractivity contribution in [3.63, 3.8) is 0 Å². The zero-order valence-electron chi connectivity index (χ0n) is 15.4. The van der Waals surface area contributed by atoms with E-state index in [1.807, 2.05) is 19.1 Å². The summed E-state index contributed by atoms with van der Waals surface area (Å²) in [6.45, 7) is 1.96. The molecule has 0 aliphatic carbocycles. The highest BCUT2D eigenvalue weighted by Crippen LogP contribution is 2.18. The smallest absolute Gasteiger partial charge is 0.246 e. The number of halogens is 2. The first kappa shape index (κ1) is 20.6. The van der Waals surface area contributed by atoms with Gasteiger partial charge in [0.15, 0.2) is 4.90 Å². The first-order valence-corrected chi connectivity index (χ1v) is 10.0. The highest BCUT2D eigenvalue weighted by molar-refractivity contribution is 7.89. The monoisotopic (exact) mass is 420 g/mol. The molecule has 0 amide bonds. The van der Waals surface area contributed by atoms with Crippen LogP contribution in [0.1, 0.15) is 5.56 Å². The predicted molar refractivity (Wildman–Crippen MR) is 104 cm³/mol. The van der Waals surface area contributed by atoms with Crippen LogP contribution in [0.25, 0.3) is 0 Å². The fraction of sp³-hybridized carbons (Fsp3) is 0.167. The van der Waals surface area contributed by atoms with Crippen LogP contribution in [0.2, 0.25) is 0 Å². The molecule has 3 aromatic rings. The number of pyridine rings is 1. The molecular weight excluding hydrogens is 402 g/mol. The standard InChI is InChI=1S/C18H18F2N6O2S/c1-12-5-6-21-16(9-12)26-17-10-15(23-11-24-17)22-7-8-25-29(27,28)18-13(19)3-2-4-14(18)20/h2-6,9-11,25H,7-8H2,1H3,(H2,21,22,23,24,26). The second kappa shape index (κ2) is 8.88. The molecule has 0 bridgehead atoms. The molecule has 0 unspecified atom stereocenters. The third-order valence-corrected chi connectivity index (χ3v) is 5.26. The number of nitrogens with one attached hydrogen (secondary N) is 3. The van der Waals surface area contributed by atoms with Gasteiger partial charge in [-0.1, -0.05) is 6.07 Å². The van der Waals surface area contributed by atoms with Crippen LogP contribution < -0.4 is 15.4 Å². The van der Waals surface area contributed by atoms with Crippen LogP contribution in [0.4, 0.5) is 26.2 Å². The van der Waals surface area contributed by atoms with Crippen LogP contribution in [0.3, 0.4) is 0 Å². The van der Waals surface area contributed by atoms with Gasteiger partial charge in [0.05, 0.1) is 0 Å². The number of nitrogens with zero attached hydrogens (tertiary/aromatic N) is 3. The summed E-state index contributed by atoms with van der Waals surface area (Å²) in [5.74, 6) is -0.751. The molecule has 29 heavy (non-hydrogen) atoms. The van der Waals surface area contributed by atoms with Gasteiger partial charge in [-0.05, 0) is 36.8 Å². The van der Waals surface area contributed by atoms with E-state index in [2.05, 4.69) is 30.3 Å². The van der Waals surface area contributed by atoms with Gasteiger partial charge in [0, 0.05) is 25.4 Å². The minimum absolute atomic E-state index is 0.109. The van der Waals surface area contributed by atoms with Crippen LogP contribution in [0.15, 0.2) is 53.8 Å². The zero-order valence-corrected chi connectivity index (χ0v) is 16.2. The molecule has 0 aliphatic heterocycles. The van der Waals surface area contributed by atoms with Crippen molar-refractivity contribution in [3.05, 3.63) is 66.1 Å². The normalized spacial score (nSPS) is 11.3. The number of rotatable bonds is 8. The average molecular weight is 420 g/mol. The van der Waals surface area contributed by atoms with Crippen LogP contribution in [0.5, 0.6) is 0 Å². The van der Waals surface area contributed by atoms with Gasteiger partial charge in [0.25, 0.3) is 0 Å². The molecular formula is C18H18F2N6O2S. The Morgan fingerprint density at radius 1 is 0.931 bits per heavy atom. The lowest BCUT2D eigenvalue weighted by molar-refractivity contribution is 0.514. The molecule has 1 aromatic carbocycles. The maximum Gasteiger partial charge on any atom is 0.246 e. The third-order valence-electron chi connectivity index (χ3n) is 3.75. The summed E-state index contributed by atoms with van der Waals surface area (Å²) in [6.07, 6.45) is 3.00. The molecule has 0 saturated heterocycles. The summed E-state index contributed by atoms with van der Waals surface area (Å²) in [5.41, 5.74) is 1.04. The van der Waals surface area contributed by atoms with Crippen molar-refractivity contribution in [2.45, 2.75) is 11.8 Å². The lowest BCUT2D eigenvalue weighted by atomic mass is 10.3. The largest absolute Gasteiger partial charge is 0.369 e. The van der Waals surface area contributed by atoms with Crippen molar-refractivity contribution in [2.24, 2.45) is 0 Å². The van der Waals surface area contributed by atoms with Crippen LogP contribution in [0, 0.1) is 18.6 Å². The highest BCUT2D eigenvalue weighted by Gasteiger charge is 2.23. The Bertz CT molecular complexity index is 1090. The fourth-order valence-electron chi connectivity index (χ4n) is 2.45. The SMILES string of the molecule is Cc1ccnc(Nc2cc(NCCNS(=O)(=O)c3c(F)cccc3F)ncn2)c1. The minimum Gasteiger partial charge on any atom is -0.369 e. The predicted octanol–water partition coefficient (Wildman–Crippen LogP) is 2.59. The quantitative estimate of drug-likeness (QED) is 0.481. The zero-order chi connectivity index (χ0) is 20.9. The highest BCUT2D eigenvalue weighted by atomic mass is 32.2. The van der Waals surface area contributed by atoms with Crippen LogP contribution in [-0.2, 0) is 10.0 Å². The van der Waals surface area contributed by atoms with Crippen LogP contribution >= 0.6 is 0 Å². The van der Waals surface area contributed by atoms with Crippen molar-refractivity contribution in [1.29, 1.82) is 0 Å². The number of hydrogen-bond donors (Lipinski definition) is 3. The molecule has 0 atom stereocenters. The van der Waals surface area contributed by atoms with E-state index in [4.69, 9.17) is 0 Å².